The summed E-state index contributed by atoms with van der Waals surface area (Å²) in [5, 5.41) is 3.98. The van der Waals surface area contributed by atoms with Crippen molar-refractivity contribution in [1.82, 2.24) is 5.32 Å². The molecular weight excluding hydrogens is 451 g/mol. The Hall–Kier alpha value is -2.73. The van der Waals surface area contributed by atoms with Crippen molar-refractivity contribution in [1.29, 1.82) is 0 Å². The molecule has 0 atom stereocenters. The minimum atomic E-state index is -0.207. The molecule has 1 fully saturated rings. The van der Waals surface area contributed by atoms with E-state index < -0.39 is 0 Å². The van der Waals surface area contributed by atoms with Gasteiger partial charge in [0.2, 0.25) is 0 Å². The molecule has 0 aromatic heterocycles. The fourth-order valence-corrected chi connectivity index (χ4v) is 4.12. The Labute approximate surface area is 194 Å². The zero-order chi connectivity index (χ0) is 21.8. The van der Waals surface area contributed by atoms with Crippen molar-refractivity contribution in [2.45, 2.75) is 13.5 Å². The van der Waals surface area contributed by atoms with Crippen LogP contribution in [0, 0.1) is 6.92 Å². The van der Waals surface area contributed by atoms with Crippen molar-refractivity contribution < 1.29 is 9.53 Å². The van der Waals surface area contributed by atoms with Gasteiger partial charge in [0.1, 0.15) is 12.4 Å². The summed E-state index contributed by atoms with van der Waals surface area (Å²) in [5.41, 5.74) is 3.73. The number of thioether (sulfide) groups is 1. The number of rotatable bonds is 5. The first kappa shape index (κ1) is 21.5. The highest BCUT2D eigenvalue weighted by molar-refractivity contribution is 8.18. The molecule has 3 aromatic carbocycles. The van der Waals surface area contributed by atoms with E-state index in [-0.39, 0.29) is 5.91 Å². The van der Waals surface area contributed by atoms with Crippen LogP contribution in [0.2, 0.25) is 10.0 Å². The van der Waals surface area contributed by atoms with E-state index in [1.54, 1.807) is 18.2 Å². The number of carbonyl (C=O) groups is 1. The van der Waals surface area contributed by atoms with Crippen molar-refractivity contribution in [3.05, 3.63) is 98.4 Å². The maximum Gasteiger partial charge on any atom is 0.264 e. The summed E-state index contributed by atoms with van der Waals surface area (Å²) >= 11 is 13.5. The highest BCUT2D eigenvalue weighted by Gasteiger charge is 2.24. The first-order valence-corrected chi connectivity index (χ1v) is 11.1. The molecule has 1 heterocycles. The highest BCUT2D eigenvalue weighted by Crippen LogP contribution is 2.34. The number of ether oxygens (including phenoxy) is 1. The molecule has 1 amide bonds. The van der Waals surface area contributed by atoms with E-state index in [0.717, 1.165) is 16.9 Å². The van der Waals surface area contributed by atoms with E-state index >= 15 is 0 Å². The number of hydrogen-bond acceptors (Lipinski definition) is 4. The molecular formula is C24H18Cl2N2O2S. The summed E-state index contributed by atoms with van der Waals surface area (Å²) < 4.78 is 5.85. The van der Waals surface area contributed by atoms with Gasteiger partial charge in [0.05, 0.1) is 20.6 Å². The van der Waals surface area contributed by atoms with Gasteiger partial charge in [0.15, 0.2) is 5.17 Å². The van der Waals surface area contributed by atoms with Gasteiger partial charge in [-0.05, 0) is 60.2 Å². The van der Waals surface area contributed by atoms with Crippen LogP contribution in [-0.2, 0) is 11.4 Å². The lowest BCUT2D eigenvalue weighted by molar-refractivity contribution is -0.115. The number of hydrogen-bond donors (Lipinski definition) is 1. The molecule has 0 bridgehead atoms. The molecule has 4 rings (SSSR count). The number of amidine groups is 1. The summed E-state index contributed by atoms with van der Waals surface area (Å²) in [7, 11) is 0. The Kier molecular flexibility index (Phi) is 6.66. The first-order chi connectivity index (χ1) is 15.0. The molecule has 1 aliphatic heterocycles. The quantitative estimate of drug-likeness (QED) is 0.420. The van der Waals surface area contributed by atoms with Crippen molar-refractivity contribution in [3.8, 4) is 5.75 Å². The lowest BCUT2D eigenvalue weighted by Crippen LogP contribution is -2.19. The molecule has 31 heavy (non-hydrogen) atoms. The lowest BCUT2D eigenvalue weighted by Gasteiger charge is -2.07. The highest BCUT2D eigenvalue weighted by atomic mass is 35.5. The second-order valence-corrected chi connectivity index (χ2v) is 8.72. The predicted octanol–water partition coefficient (Wildman–Crippen LogP) is 6.77. The van der Waals surface area contributed by atoms with Gasteiger partial charge in [-0.1, -0.05) is 71.2 Å². The van der Waals surface area contributed by atoms with Gasteiger partial charge in [0.25, 0.3) is 5.91 Å². The molecule has 3 aromatic rings. The number of benzene rings is 3. The zero-order valence-electron chi connectivity index (χ0n) is 16.6. The summed E-state index contributed by atoms with van der Waals surface area (Å²) in [5.74, 6) is 0.562. The average Bonchev–Trinajstić information content (AvgIpc) is 3.09. The summed E-state index contributed by atoms with van der Waals surface area (Å²) in [4.78, 5) is 17.3. The number of aliphatic imine (C=N–C) groups is 1. The molecule has 0 unspecified atom stereocenters. The average molecular weight is 469 g/mol. The number of halogens is 2. The lowest BCUT2D eigenvalue weighted by atomic mass is 10.1. The van der Waals surface area contributed by atoms with Gasteiger partial charge in [-0.15, -0.1) is 0 Å². The normalized spacial score (nSPS) is 16.0. The van der Waals surface area contributed by atoms with E-state index in [2.05, 4.69) is 29.4 Å². The predicted molar refractivity (Wildman–Crippen MR) is 129 cm³/mol. The molecule has 0 radical (unpaired) electrons. The molecule has 7 heteroatoms. The minimum Gasteiger partial charge on any atom is -0.489 e. The Morgan fingerprint density at radius 2 is 1.84 bits per heavy atom. The van der Waals surface area contributed by atoms with Crippen LogP contribution in [0.1, 0.15) is 16.7 Å². The number of nitrogens with one attached hydrogen (secondary N) is 1. The third-order valence-corrected chi connectivity index (χ3v) is 6.19. The molecule has 1 aliphatic rings. The third kappa shape index (κ3) is 5.50. The van der Waals surface area contributed by atoms with Crippen LogP contribution in [0.3, 0.4) is 0 Å². The standard InChI is InChI=1S/C24H18Cl2N2O2S/c1-15-4-2-5-17(12-15)14-30-18-10-8-16(9-11-18)13-21-23(29)28-24(31-21)27-20-7-3-6-19(25)22(20)26/h2-13H,14H2,1H3,(H,27,28,29)/b21-13-. The maximum absolute atomic E-state index is 12.3. The van der Waals surface area contributed by atoms with Crippen LogP contribution < -0.4 is 10.1 Å². The molecule has 0 aliphatic carbocycles. The number of aryl methyl sites for hydroxylation is 1. The van der Waals surface area contributed by atoms with Gasteiger partial charge < -0.3 is 10.1 Å². The second-order valence-electron chi connectivity index (χ2n) is 6.90. The van der Waals surface area contributed by atoms with Crippen LogP contribution in [-0.4, -0.2) is 11.1 Å². The monoisotopic (exact) mass is 468 g/mol. The van der Waals surface area contributed by atoms with E-state index in [1.165, 1.54) is 17.3 Å². The van der Waals surface area contributed by atoms with Gasteiger partial charge in [0, 0.05) is 0 Å². The number of amides is 1. The van der Waals surface area contributed by atoms with Crippen molar-refractivity contribution in [2.75, 3.05) is 0 Å². The number of nitrogens with zero attached hydrogens (tertiary/aromatic N) is 1. The third-order valence-electron chi connectivity index (χ3n) is 4.47. The summed E-state index contributed by atoms with van der Waals surface area (Å²) in [6.45, 7) is 2.56. The summed E-state index contributed by atoms with van der Waals surface area (Å²) in [6, 6.07) is 21.0. The van der Waals surface area contributed by atoms with Gasteiger partial charge >= 0.3 is 0 Å². The maximum atomic E-state index is 12.3. The molecule has 1 N–H and O–H groups in total. The van der Waals surface area contributed by atoms with E-state index in [4.69, 9.17) is 27.9 Å². The molecule has 156 valence electrons. The smallest absolute Gasteiger partial charge is 0.264 e. The fraction of sp³-hybridized carbons (Fsp3) is 0.0833. The van der Waals surface area contributed by atoms with E-state index in [0.29, 0.717) is 32.4 Å². The van der Waals surface area contributed by atoms with E-state index in [1.807, 2.05) is 42.5 Å². The van der Waals surface area contributed by atoms with Crippen molar-refractivity contribution in [2.24, 2.45) is 4.99 Å². The topological polar surface area (TPSA) is 50.7 Å². The van der Waals surface area contributed by atoms with Crippen molar-refractivity contribution >= 4 is 57.8 Å². The molecule has 1 saturated heterocycles. The molecule has 0 saturated carbocycles. The SMILES string of the molecule is Cc1cccc(COc2ccc(/C=C3\SC(=Nc4cccc(Cl)c4Cl)NC3=O)cc2)c1. The number of carbonyl (C=O) groups excluding carboxylic acids is 1. The van der Waals surface area contributed by atoms with Crippen LogP contribution in [0.4, 0.5) is 5.69 Å². The van der Waals surface area contributed by atoms with Crippen molar-refractivity contribution in [3.63, 3.8) is 0 Å². The fourth-order valence-electron chi connectivity index (χ4n) is 2.95. The zero-order valence-corrected chi connectivity index (χ0v) is 18.9. The Morgan fingerprint density at radius 3 is 2.61 bits per heavy atom. The van der Waals surface area contributed by atoms with Crippen LogP contribution in [0.25, 0.3) is 6.08 Å². The van der Waals surface area contributed by atoms with Crippen LogP contribution >= 0.6 is 35.0 Å². The molecule has 0 spiro atoms. The van der Waals surface area contributed by atoms with Gasteiger partial charge in [-0.25, -0.2) is 4.99 Å². The Morgan fingerprint density at radius 1 is 1.06 bits per heavy atom. The first-order valence-electron chi connectivity index (χ1n) is 9.50. The van der Waals surface area contributed by atoms with Gasteiger partial charge in [-0.2, -0.15) is 0 Å². The molecule has 4 nitrogen and oxygen atoms in total. The second kappa shape index (κ2) is 9.60. The Balaban J connectivity index is 1.43. The summed E-state index contributed by atoms with van der Waals surface area (Å²) in [6.07, 6.45) is 1.81. The minimum absolute atomic E-state index is 0.207. The van der Waals surface area contributed by atoms with E-state index in [9.17, 15) is 4.79 Å². The van der Waals surface area contributed by atoms with Crippen LogP contribution in [0.5, 0.6) is 5.75 Å². The van der Waals surface area contributed by atoms with Gasteiger partial charge in [-0.3, -0.25) is 4.79 Å². The van der Waals surface area contributed by atoms with Crippen LogP contribution in [0.15, 0.2) is 76.6 Å². The Bertz CT molecular complexity index is 1190. The largest absolute Gasteiger partial charge is 0.489 e.